The van der Waals surface area contributed by atoms with E-state index in [1.807, 2.05) is 0 Å². The van der Waals surface area contributed by atoms with Crippen LogP contribution in [0.5, 0.6) is 5.75 Å². The Balaban J connectivity index is 2.83. The van der Waals surface area contributed by atoms with E-state index in [-0.39, 0.29) is 0 Å². The third kappa shape index (κ3) is 2.75. The second-order valence-corrected chi connectivity index (χ2v) is 3.59. The van der Waals surface area contributed by atoms with Gasteiger partial charge < -0.3 is 9.84 Å². The molecule has 0 saturated heterocycles. The van der Waals surface area contributed by atoms with Gasteiger partial charge >= 0.3 is 5.97 Å². The molecule has 0 unspecified atom stereocenters. The summed E-state index contributed by atoms with van der Waals surface area (Å²) in [6.07, 6.45) is 5.19. The Morgan fingerprint density at radius 3 is 2.33 bits per heavy atom. The van der Waals surface area contributed by atoms with Crippen LogP contribution in [0.2, 0.25) is 0 Å². The summed E-state index contributed by atoms with van der Waals surface area (Å²) in [6, 6.07) is 6.71. The summed E-state index contributed by atoms with van der Waals surface area (Å²) in [7, 11) is 0. The molecule has 3 heteroatoms. The molecule has 0 amide bonds. The first-order chi connectivity index (χ1) is 6.95. The van der Waals surface area contributed by atoms with Crippen molar-refractivity contribution in [2.45, 2.75) is 19.4 Å². The Kier molecular flexibility index (Phi) is 3.01. The fourth-order valence-electron chi connectivity index (χ4n) is 0.957. The van der Waals surface area contributed by atoms with Gasteiger partial charge in [-0.15, -0.1) is 6.42 Å². The Labute approximate surface area is 88.7 Å². The molecule has 1 N–H and O–H groups in total. The molecular weight excluding hydrogens is 192 g/mol. The normalized spacial score (nSPS) is 10.5. The van der Waals surface area contributed by atoms with Crippen molar-refractivity contribution in [2.75, 3.05) is 0 Å². The predicted octanol–water partition coefficient (Wildman–Crippen LogP) is 1.91. The highest BCUT2D eigenvalue weighted by atomic mass is 16.5. The van der Waals surface area contributed by atoms with Crippen LogP contribution >= 0.6 is 0 Å². The van der Waals surface area contributed by atoms with Crippen LogP contribution in [-0.4, -0.2) is 16.7 Å². The molecule has 15 heavy (non-hydrogen) atoms. The highest BCUT2D eigenvalue weighted by Crippen LogP contribution is 2.18. The number of hydrogen-bond donors (Lipinski definition) is 1. The molecule has 0 heterocycles. The van der Waals surface area contributed by atoms with Gasteiger partial charge in [-0.2, -0.15) is 0 Å². The molecule has 0 atom stereocenters. The summed E-state index contributed by atoms with van der Waals surface area (Å²) in [6.45, 7) is 2.98. The van der Waals surface area contributed by atoms with Crippen LogP contribution in [0.15, 0.2) is 24.3 Å². The predicted molar refractivity (Wildman–Crippen MR) is 56.7 cm³/mol. The number of aliphatic carboxylic acids is 1. The van der Waals surface area contributed by atoms with Gasteiger partial charge in [0.05, 0.1) is 0 Å². The lowest BCUT2D eigenvalue weighted by Crippen LogP contribution is -2.37. The van der Waals surface area contributed by atoms with E-state index >= 15 is 0 Å². The van der Waals surface area contributed by atoms with E-state index in [1.165, 1.54) is 13.8 Å². The van der Waals surface area contributed by atoms with Crippen LogP contribution in [0.25, 0.3) is 0 Å². The van der Waals surface area contributed by atoms with Crippen LogP contribution < -0.4 is 4.74 Å². The first kappa shape index (κ1) is 11.1. The van der Waals surface area contributed by atoms with Gasteiger partial charge in [0, 0.05) is 5.56 Å². The summed E-state index contributed by atoms with van der Waals surface area (Å²) >= 11 is 0. The maximum Gasteiger partial charge on any atom is 0.347 e. The summed E-state index contributed by atoms with van der Waals surface area (Å²) in [4.78, 5) is 10.8. The fourth-order valence-corrected chi connectivity index (χ4v) is 0.957. The Morgan fingerprint density at radius 2 is 1.93 bits per heavy atom. The minimum absolute atomic E-state index is 0.487. The Morgan fingerprint density at radius 1 is 1.40 bits per heavy atom. The molecular formula is C12H12O3. The van der Waals surface area contributed by atoms with Crippen LogP contribution in [-0.2, 0) is 4.79 Å². The molecule has 0 radical (unpaired) electrons. The SMILES string of the molecule is C#Cc1ccc(OC(C)(C)C(=O)O)cc1. The van der Waals surface area contributed by atoms with Gasteiger partial charge in [0.1, 0.15) is 5.75 Å². The molecule has 0 aliphatic carbocycles. The number of carbonyl (C=O) groups is 1. The van der Waals surface area contributed by atoms with Crippen molar-refractivity contribution < 1.29 is 14.6 Å². The van der Waals surface area contributed by atoms with Gasteiger partial charge in [0.15, 0.2) is 5.60 Å². The molecule has 0 aliphatic rings. The summed E-state index contributed by atoms with van der Waals surface area (Å²) < 4.78 is 5.29. The number of benzene rings is 1. The molecule has 1 aromatic rings. The summed E-state index contributed by atoms with van der Waals surface area (Å²) in [5.74, 6) is 1.94. The van der Waals surface area contributed by atoms with Crippen LogP contribution in [0.1, 0.15) is 19.4 Å². The number of terminal acetylenes is 1. The zero-order valence-electron chi connectivity index (χ0n) is 8.65. The first-order valence-electron chi connectivity index (χ1n) is 4.45. The number of carboxylic acid groups (broad SMARTS) is 1. The number of ether oxygens (including phenoxy) is 1. The van der Waals surface area contributed by atoms with Crippen molar-refractivity contribution in [3.8, 4) is 18.1 Å². The van der Waals surface area contributed by atoms with Gasteiger partial charge in [0.2, 0.25) is 0 Å². The highest BCUT2D eigenvalue weighted by molar-refractivity contribution is 5.76. The lowest BCUT2D eigenvalue weighted by atomic mass is 10.1. The average Bonchev–Trinajstić information content (AvgIpc) is 2.18. The van der Waals surface area contributed by atoms with E-state index in [1.54, 1.807) is 24.3 Å². The maximum atomic E-state index is 10.8. The molecule has 0 fully saturated rings. The fraction of sp³-hybridized carbons (Fsp3) is 0.250. The van der Waals surface area contributed by atoms with E-state index in [9.17, 15) is 4.79 Å². The number of rotatable bonds is 3. The molecule has 1 rings (SSSR count). The zero-order chi connectivity index (χ0) is 11.5. The molecule has 3 nitrogen and oxygen atoms in total. The molecule has 0 aromatic heterocycles. The van der Waals surface area contributed by atoms with E-state index < -0.39 is 11.6 Å². The van der Waals surface area contributed by atoms with E-state index in [0.29, 0.717) is 5.75 Å². The Hall–Kier alpha value is -1.95. The van der Waals surface area contributed by atoms with Gasteiger partial charge in [-0.3, -0.25) is 0 Å². The van der Waals surface area contributed by atoms with E-state index in [4.69, 9.17) is 16.3 Å². The van der Waals surface area contributed by atoms with Crippen LogP contribution in [0.4, 0.5) is 0 Å². The number of hydrogen-bond acceptors (Lipinski definition) is 2. The van der Waals surface area contributed by atoms with Gasteiger partial charge in [-0.1, -0.05) is 5.92 Å². The van der Waals surface area contributed by atoms with Crippen molar-refractivity contribution >= 4 is 5.97 Å². The third-order valence-corrected chi connectivity index (χ3v) is 1.91. The molecule has 78 valence electrons. The minimum Gasteiger partial charge on any atom is -0.478 e. The Bertz CT molecular complexity index is 396. The average molecular weight is 204 g/mol. The third-order valence-electron chi connectivity index (χ3n) is 1.91. The first-order valence-corrected chi connectivity index (χ1v) is 4.45. The van der Waals surface area contributed by atoms with Crippen molar-refractivity contribution in [1.82, 2.24) is 0 Å². The summed E-state index contributed by atoms with van der Waals surface area (Å²) in [5.41, 5.74) is -0.507. The molecule has 0 aliphatic heterocycles. The molecule has 0 saturated carbocycles. The van der Waals surface area contributed by atoms with E-state index in [0.717, 1.165) is 5.56 Å². The number of carboxylic acids is 1. The maximum absolute atomic E-state index is 10.8. The topological polar surface area (TPSA) is 46.5 Å². The molecule has 1 aromatic carbocycles. The van der Waals surface area contributed by atoms with Gasteiger partial charge in [0.25, 0.3) is 0 Å². The summed E-state index contributed by atoms with van der Waals surface area (Å²) in [5, 5.41) is 8.85. The van der Waals surface area contributed by atoms with Crippen molar-refractivity contribution in [2.24, 2.45) is 0 Å². The monoisotopic (exact) mass is 204 g/mol. The van der Waals surface area contributed by atoms with Crippen molar-refractivity contribution in [3.63, 3.8) is 0 Å². The van der Waals surface area contributed by atoms with Crippen molar-refractivity contribution in [1.29, 1.82) is 0 Å². The smallest absolute Gasteiger partial charge is 0.347 e. The lowest BCUT2D eigenvalue weighted by molar-refractivity contribution is -0.152. The highest BCUT2D eigenvalue weighted by Gasteiger charge is 2.29. The molecule has 0 bridgehead atoms. The minimum atomic E-state index is -1.24. The van der Waals surface area contributed by atoms with Crippen LogP contribution in [0, 0.1) is 12.3 Å². The van der Waals surface area contributed by atoms with Crippen LogP contribution in [0.3, 0.4) is 0 Å². The lowest BCUT2D eigenvalue weighted by Gasteiger charge is -2.21. The zero-order valence-corrected chi connectivity index (χ0v) is 8.65. The second-order valence-electron chi connectivity index (χ2n) is 3.59. The van der Waals surface area contributed by atoms with Gasteiger partial charge in [-0.05, 0) is 38.1 Å². The quantitative estimate of drug-likeness (QED) is 0.765. The second kappa shape index (κ2) is 4.05. The van der Waals surface area contributed by atoms with E-state index in [2.05, 4.69) is 5.92 Å². The van der Waals surface area contributed by atoms with Gasteiger partial charge in [-0.25, -0.2) is 4.79 Å². The standard InChI is InChI=1S/C12H12O3/c1-4-9-5-7-10(8-6-9)15-12(2,3)11(13)14/h1,5-8H,2-3H3,(H,13,14). The molecule has 0 spiro atoms. The van der Waals surface area contributed by atoms with Crippen molar-refractivity contribution in [3.05, 3.63) is 29.8 Å². The largest absolute Gasteiger partial charge is 0.478 e.